The molecule has 0 saturated heterocycles. The second-order valence-corrected chi connectivity index (χ2v) is 3.81. The largest absolute Gasteiger partial charge is 0.553 e. The Morgan fingerprint density at radius 3 is 0.875 bits per heavy atom. The van der Waals surface area contributed by atoms with Crippen molar-refractivity contribution in [3.63, 3.8) is 0 Å². The first kappa shape index (κ1) is 33.3. The van der Waals surface area contributed by atoms with Gasteiger partial charge in [-0.05, 0) is 0 Å². The molecule has 0 aromatic heterocycles. The topological polar surface area (TPSA) is 138 Å². The fraction of sp³-hybridized carbons (Fsp3) is 0.692. The zero-order chi connectivity index (χ0) is 17.8. The fourth-order valence-corrected chi connectivity index (χ4v) is 0.698. The number of aliphatic hydroxyl groups is 5. The van der Waals surface area contributed by atoms with Crippen molar-refractivity contribution >= 4 is 0 Å². The molecule has 0 aromatic rings. The molecule has 0 aromatic carbocycles. The molecule has 0 rings (SSSR count). The zero-order valence-electron chi connectivity index (χ0n) is 14.1. The molecule has 5 N–H and O–H groups in total. The molecule has 0 spiro atoms. The van der Waals surface area contributed by atoms with Gasteiger partial charge >= 0.3 is 0 Å². The third-order valence-electron chi connectivity index (χ3n) is 1.66. The monoisotopic (exact) mass is 862 g/mol. The molecule has 0 heterocycles. The van der Waals surface area contributed by atoms with Crippen molar-refractivity contribution < 1.29 is 44.5 Å². The Morgan fingerprint density at radius 1 is 0.542 bits per heavy atom. The molecule has 142 valence electrons. The number of hydrogen-bond acceptors (Lipinski definition) is 9. The average Bonchev–Trinajstić information content (AvgIpc) is 2.49. The van der Waals surface area contributed by atoms with E-state index in [0.29, 0.717) is 0 Å². The van der Waals surface area contributed by atoms with E-state index in [9.17, 15) is 0 Å². The number of aliphatic hydroxyl groups excluding tert-OH is 5. The molecule has 11 heteroatoms. The minimum atomic E-state index is -0.780. The van der Waals surface area contributed by atoms with Crippen LogP contribution < -0.4 is 0 Å². The normalized spacial score (nSPS) is 11.8. The van der Waals surface area contributed by atoms with Crippen LogP contribution in [0.4, 0.5) is 0 Å². The van der Waals surface area contributed by atoms with Gasteiger partial charge < -0.3 is 44.5 Å². The summed E-state index contributed by atoms with van der Waals surface area (Å²) in [6, 6.07) is 0. The van der Waals surface area contributed by atoms with Crippen LogP contribution in [0.25, 0.3) is 0 Å². The third kappa shape index (κ3) is 36.7. The predicted octanol–water partition coefficient (Wildman–Crippen LogP) is -1.74. The summed E-state index contributed by atoms with van der Waals surface area (Å²) in [6.07, 6.45) is -2.17. The van der Waals surface area contributed by atoms with Crippen LogP contribution in [0.2, 0.25) is 0 Å². The summed E-state index contributed by atoms with van der Waals surface area (Å²) in [5, 5.41) is 41.8. The van der Waals surface area contributed by atoms with Crippen molar-refractivity contribution in [2.45, 2.75) is 18.3 Å². The van der Waals surface area contributed by atoms with Gasteiger partial charge in [0.25, 0.3) is 0 Å². The van der Waals surface area contributed by atoms with Crippen molar-refractivity contribution in [2.75, 3.05) is 39.6 Å². The second-order valence-electron chi connectivity index (χ2n) is 3.81. The first-order valence-electron chi connectivity index (χ1n) is 6.17. The van der Waals surface area contributed by atoms with Gasteiger partial charge in [0.15, 0.2) is 0 Å². The van der Waals surface area contributed by atoms with E-state index in [4.69, 9.17) is 25.5 Å². The molecule has 0 bridgehead atoms. The summed E-state index contributed by atoms with van der Waals surface area (Å²) >= 11 is 0. The molecule has 0 aliphatic heterocycles. The van der Waals surface area contributed by atoms with Crippen molar-refractivity contribution in [3.8, 4) is 0 Å². The third-order valence-corrected chi connectivity index (χ3v) is 1.66. The molecule has 0 aliphatic carbocycles. The van der Waals surface area contributed by atoms with Crippen LogP contribution in [0, 0.1) is 28.4 Å². The van der Waals surface area contributed by atoms with E-state index in [2.05, 4.69) is 47.4 Å². The van der Waals surface area contributed by atoms with E-state index in [1.54, 1.807) is 0 Å². The number of rotatable bonds is 10. The molecule has 9 nitrogen and oxygen atoms in total. The Balaban J connectivity index is -0.0000000724. The quantitative estimate of drug-likeness (QED) is 0.162. The maximum atomic E-state index is 8.72. The van der Waals surface area contributed by atoms with Gasteiger partial charge in [-0.15, -0.1) is 0 Å². The summed E-state index contributed by atoms with van der Waals surface area (Å²) in [5.41, 5.74) is 0. The van der Waals surface area contributed by atoms with Crippen LogP contribution in [0.15, 0.2) is 0 Å². The minimum absolute atomic E-state index is 0. The maximum absolute atomic E-state index is 8.72. The van der Waals surface area contributed by atoms with Gasteiger partial charge in [-0.1, -0.05) is 0 Å². The van der Waals surface area contributed by atoms with Gasteiger partial charge in [0, 0.05) is 26.4 Å². The molecule has 2 unspecified atom stereocenters. The van der Waals surface area contributed by atoms with Crippen molar-refractivity contribution in [2.24, 2.45) is 0 Å². The van der Waals surface area contributed by atoms with Gasteiger partial charge in [-0.25, -0.2) is 28.4 Å². The fourth-order valence-electron chi connectivity index (χ4n) is 0.698. The van der Waals surface area contributed by atoms with Gasteiger partial charge in [-0.3, -0.25) is 0 Å². The molecule has 0 saturated carbocycles. The van der Waals surface area contributed by atoms with E-state index in [-0.39, 0.29) is 39.6 Å². The smallest absolute Gasteiger partial charge is 0.0973 e. The van der Waals surface area contributed by atoms with Crippen molar-refractivity contribution in [3.05, 3.63) is 28.4 Å². The minimum Gasteiger partial charge on any atom is -0.553 e. The molecule has 0 radical (unpaired) electrons. The maximum Gasteiger partial charge on any atom is 0.0973 e. The summed E-state index contributed by atoms with van der Waals surface area (Å²) in [7, 11) is 12.1. The summed E-state index contributed by atoms with van der Waals surface area (Å²) in [4.78, 5) is 0. The van der Waals surface area contributed by atoms with Gasteiger partial charge in [0.2, 0.25) is 0 Å². The molecule has 2 atom stereocenters. The van der Waals surface area contributed by atoms with Crippen molar-refractivity contribution in [1.29, 1.82) is 0 Å². The van der Waals surface area contributed by atoms with Crippen LogP contribution in [-0.4, -0.2) is 83.5 Å². The number of ether oxygens (including phenoxy) is 4. The van der Waals surface area contributed by atoms with Gasteiger partial charge in [0.05, 0.1) is 31.5 Å². The summed E-state index contributed by atoms with van der Waals surface area (Å²) in [6.45, 7) is 0.0308. The zero-order valence-corrected chi connectivity index (χ0v) is 26.9. The van der Waals surface area contributed by atoms with Gasteiger partial charge in [0.1, 0.15) is 0 Å². The van der Waals surface area contributed by atoms with E-state index < -0.39 is 18.3 Å². The van der Waals surface area contributed by atoms with Crippen LogP contribution >= 0.6 is 0 Å². The Hall–Kier alpha value is -2.36. The SMILES string of the molecule is [CH2-]OCC(O)CO.[CH2-]OCC(O)CO.[CH2-]OCC(O)CO[CH2-].[Rf].[Rf]. The Kier molecular flexibility index (Phi) is 39.9. The Morgan fingerprint density at radius 2 is 0.750 bits per heavy atom. The second kappa shape index (κ2) is 28.8. The average molecular weight is 862 g/mol. The van der Waals surface area contributed by atoms with Crippen LogP contribution in [-0.2, 0) is 18.9 Å². The van der Waals surface area contributed by atoms with E-state index in [0.717, 1.165) is 0 Å². The predicted molar refractivity (Wildman–Crippen MR) is 77.4 cm³/mol. The molecular formula is C13H28O9Rf2-4. The Bertz CT molecular complexity index is 175. The summed E-state index contributed by atoms with van der Waals surface area (Å²) in [5.74, 6) is 0. The van der Waals surface area contributed by atoms with E-state index in [1.807, 2.05) is 0 Å². The molecule has 0 aliphatic rings. The number of hydrogen-bond donors (Lipinski definition) is 5. The molecule has 0 amide bonds. The molecule has 0 fully saturated rings. The van der Waals surface area contributed by atoms with Crippen LogP contribution in [0.1, 0.15) is 0 Å². The van der Waals surface area contributed by atoms with E-state index >= 15 is 0 Å². The first-order valence-corrected chi connectivity index (χ1v) is 6.17. The van der Waals surface area contributed by atoms with Crippen LogP contribution in [0.5, 0.6) is 0 Å². The standard InChI is InChI=1S/C5H10O3.2C4H9O3.2Rf/c1-7-3-5(6)4-8-2;2*1-7-3-4(6)2-5;;/h5-6H,1-4H2;2*4-6H,1-3H2;;/q-2;2*-1;;. The van der Waals surface area contributed by atoms with Crippen molar-refractivity contribution in [1.82, 2.24) is 0 Å². The Labute approximate surface area is 132 Å². The molecular weight excluding hydrogens is 834 g/mol. The summed E-state index contributed by atoms with van der Waals surface area (Å²) < 4.78 is 17.2. The molecule has 24 heavy (non-hydrogen) atoms. The van der Waals surface area contributed by atoms with Crippen LogP contribution in [0.3, 0.4) is 0 Å². The first-order chi connectivity index (χ1) is 10.4. The van der Waals surface area contributed by atoms with Gasteiger partial charge in [-0.2, -0.15) is 0 Å². The van der Waals surface area contributed by atoms with E-state index in [1.165, 1.54) is 0 Å².